The van der Waals surface area contributed by atoms with Crippen LogP contribution >= 0.6 is 23.2 Å². The van der Waals surface area contributed by atoms with Gasteiger partial charge < -0.3 is 14.2 Å². The standard InChI is InChI=1S/C24H17Cl2FN4O5/c25-19-17-20(30-23(26)29-19)31(13-28-17)24(27)12-35-16(11-34-21(32)14-7-3-1-4-8-14)18(24)36-22(33)15-9-5-2-6-10-15/h1-10,13,16,18H,11-12H2/t16-,18-,24-/m1/s1. The van der Waals surface area contributed by atoms with Gasteiger partial charge in [0.1, 0.15) is 24.8 Å². The molecule has 0 aliphatic carbocycles. The highest BCUT2D eigenvalue weighted by molar-refractivity contribution is 6.35. The Hall–Kier alpha value is -3.60. The maximum Gasteiger partial charge on any atom is 0.338 e. The Bertz CT molecular complexity index is 1420. The molecule has 1 aliphatic heterocycles. The predicted octanol–water partition coefficient (Wildman–Crippen LogP) is 4.24. The van der Waals surface area contributed by atoms with Crippen LogP contribution in [0.1, 0.15) is 20.7 Å². The van der Waals surface area contributed by atoms with Crippen LogP contribution in [0, 0.1) is 0 Å². The lowest BCUT2D eigenvalue weighted by Crippen LogP contribution is -2.46. The van der Waals surface area contributed by atoms with E-state index in [1.165, 1.54) is 12.1 Å². The summed E-state index contributed by atoms with van der Waals surface area (Å²) in [4.78, 5) is 37.3. The van der Waals surface area contributed by atoms with E-state index in [0.717, 1.165) is 10.9 Å². The van der Waals surface area contributed by atoms with Gasteiger partial charge in [0.05, 0.1) is 17.5 Å². The molecule has 9 nitrogen and oxygen atoms in total. The van der Waals surface area contributed by atoms with Gasteiger partial charge >= 0.3 is 11.9 Å². The SMILES string of the molecule is O=C(OC[C@H]1OC[C@@](F)(n2cnc3c(Cl)nc(Cl)nc32)[C@@H]1OC(=O)c1ccccc1)c1ccccc1. The number of imidazole rings is 1. The zero-order valence-electron chi connectivity index (χ0n) is 18.4. The first-order valence-corrected chi connectivity index (χ1v) is 11.5. The van der Waals surface area contributed by atoms with E-state index in [9.17, 15) is 9.59 Å². The van der Waals surface area contributed by atoms with E-state index in [1.54, 1.807) is 48.5 Å². The molecule has 0 radical (unpaired) electrons. The number of benzene rings is 2. The van der Waals surface area contributed by atoms with Crippen LogP contribution in [0.2, 0.25) is 10.4 Å². The zero-order chi connectivity index (χ0) is 25.3. The van der Waals surface area contributed by atoms with Crippen LogP contribution in [-0.4, -0.2) is 56.9 Å². The summed E-state index contributed by atoms with van der Waals surface area (Å²) < 4.78 is 34.4. The molecule has 1 fully saturated rings. The number of rotatable bonds is 6. The highest BCUT2D eigenvalue weighted by atomic mass is 35.5. The summed E-state index contributed by atoms with van der Waals surface area (Å²) in [7, 11) is 0. The summed E-state index contributed by atoms with van der Waals surface area (Å²) in [5.74, 6) is -3.91. The zero-order valence-corrected chi connectivity index (χ0v) is 19.9. The number of alkyl halides is 1. The Labute approximate surface area is 213 Å². The number of nitrogens with zero attached hydrogens (tertiary/aromatic N) is 4. The van der Waals surface area contributed by atoms with Gasteiger partial charge in [0.2, 0.25) is 5.28 Å². The van der Waals surface area contributed by atoms with E-state index in [-0.39, 0.29) is 33.8 Å². The van der Waals surface area contributed by atoms with Crippen LogP contribution in [0.3, 0.4) is 0 Å². The van der Waals surface area contributed by atoms with Crippen molar-refractivity contribution in [3.8, 4) is 0 Å². The van der Waals surface area contributed by atoms with Crippen molar-refractivity contribution in [1.82, 2.24) is 19.5 Å². The van der Waals surface area contributed by atoms with Crippen molar-refractivity contribution >= 4 is 46.3 Å². The molecule has 0 saturated carbocycles. The third-order valence-corrected chi connectivity index (χ3v) is 6.06. The number of aromatic nitrogens is 4. The van der Waals surface area contributed by atoms with E-state index in [1.807, 2.05) is 0 Å². The third kappa shape index (κ3) is 4.50. The Kier molecular flexibility index (Phi) is 6.57. The number of hydrogen-bond donors (Lipinski definition) is 0. The van der Waals surface area contributed by atoms with Crippen LogP contribution < -0.4 is 0 Å². The van der Waals surface area contributed by atoms with Gasteiger partial charge in [-0.05, 0) is 35.9 Å². The minimum absolute atomic E-state index is 0.0196. The lowest BCUT2D eigenvalue weighted by atomic mass is 10.1. The van der Waals surface area contributed by atoms with Crippen molar-refractivity contribution in [3.63, 3.8) is 0 Å². The fourth-order valence-electron chi connectivity index (χ4n) is 3.87. The average Bonchev–Trinajstić information content (AvgIpc) is 3.46. The third-order valence-electron chi connectivity index (χ3n) is 5.63. The van der Waals surface area contributed by atoms with Gasteiger partial charge in [0.15, 0.2) is 16.9 Å². The summed E-state index contributed by atoms with van der Waals surface area (Å²) in [6, 6.07) is 16.4. The molecule has 184 valence electrons. The van der Waals surface area contributed by atoms with Crippen LogP contribution in [0.15, 0.2) is 67.0 Å². The molecule has 1 aliphatic rings. The molecule has 3 atom stereocenters. The molecule has 4 aromatic rings. The monoisotopic (exact) mass is 530 g/mol. The van der Waals surface area contributed by atoms with E-state index < -0.39 is 36.5 Å². The van der Waals surface area contributed by atoms with Gasteiger partial charge in [0, 0.05) is 0 Å². The van der Waals surface area contributed by atoms with Crippen molar-refractivity contribution in [2.24, 2.45) is 0 Å². The van der Waals surface area contributed by atoms with Gasteiger partial charge in [-0.2, -0.15) is 4.98 Å². The summed E-state index contributed by atoms with van der Waals surface area (Å²) >= 11 is 12.0. The smallest absolute Gasteiger partial charge is 0.338 e. The van der Waals surface area contributed by atoms with Gasteiger partial charge in [-0.25, -0.2) is 23.9 Å². The Morgan fingerprint density at radius 1 is 1.03 bits per heavy atom. The van der Waals surface area contributed by atoms with Crippen LogP contribution in [0.5, 0.6) is 0 Å². The number of halogens is 3. The van der Waals surface area contributed by atoms with Crippen molar-refractivity contribution in [2.75, 3.05) is 13.2 Å². The molecule has 5 rings (SSSR count). The van der Waals surface area contributed by atoms with Crippen LogP contribution in [0.4, 0.5) is 4.39 Å². The second-order valence-electron chi connectivity index (χ2n) is 7.89. The quantitative estimate of drug-likeness (QED) is 0.207. The van der Waals surface area contributed by atoms with Crippen LogP contribution in [0.25, 0.3) is 11.2 Å². The molecule has 0 spiro atoms. The number of esters is 2. The topological polar surface area (TPSA) is 105 Å². The maximum absolute atomic E-state index is 16.7. The largest absolute Gasteiger partial charge is 0.459 e. The van der Waals surface area contributed by atoms with Crippen molar-refractivity contribution in [2.45, 2.75) is 18.0 Å². The minimum atomic E-state index is -2.48. The summed E-state index contributed by atoms with van der Waals surface area (Å²) in [6.45, 7) is -0.937. The van der Waals surface area contributed by atoms with Gasteiger partial charge in [-0.15, -0.1) is 0 Å². The van der Waals surface area contributed by atoms with Gasteiger partial charge in [0.25, 0.3) is 5.79 Å². The normalized spacial score (nSPS) is 21.4. The van der Waals surface area contributed by atoms with E-state index in [2.05, 4.69) is 15.0 Å². The molecule has 3 heterocycles. The first-order valence-electron chi connectivity index (χ1n) is 10.7. The molecule has 2 aromatic carbocycles. The van der Waals surface area contributed by atoms with E-state index >= 15 is 4.39 Å². The number of ether oxygens (including phenoxy) is 3. The average molecular weight is 531 g/mol. The lowest BCUT2D eigenvalue weighted by Gasteiger charge is -2.29. The minimum Gasteiger partial charge on any atom is -0.459 e. The van der Waals surface area contributed by atoms with E-state index in [0.29, 0.717) is 5.56 Å². The van der Waals surface area contributed by atoms with Crippen molar-refractivity contribution < 1.29 is 28.2 Å². The number of carbonyl (C=O) groups is 2. The maximum atomic E-state index is 16.7. The highest BCUT2D eigenvalue weighted by Gasteiger charge is 2.56. The molecular formula is C24H17Cl2FN4O5. The first kappa shape index (κ1) is 24.1. The number of hydrogen-bond acceptors (Lipinski definition) is 8. The van der Waals surface area contributed by atoms with Crippen LogP contribution in [-0.2, 0) is 20.0 Å². The Morgan fingerprint density at radius 2 is 1.67 bits per heavy atom. The summed E-state index contributed by atoms with van der Waals surface area (Å²) in [5, 5.41) is -0.291. The molecule has 0 amide bonds. The molecular weight excluding hydrogens is 514 g/mol. The molecule has 36 heavy (non-hydrogen) atoms. The van der Waals surface area contributed by atoms with Crippen molar-refractivity contribution in [1.29, 1.82) is 0 Å². The second kappa shape index (κ2) is 9.81. The molecule has 12 heteroatoms. The summed E-state index contributed by atoms with van der Waals surface area (Å²) in [5.41, 5.74) is 0.594. The number of carbonyl (C=O) groups excluding carboxylic acids is 2. The molecule has 1 saturated heterocycles. The summed E-state index contributed by atoms with van der Waals surface area (Å²) in [6.07, 6.45) is -1.54. The fourth-order valence-corrected chi connectivity index (χ4v) is 4.29. The molecule has 0 unspecified atom stereocenters. The Morgan fingerprint density at radius 3 is 2.33 bits per heavy atom. The number of fused-ring (bicyclic) bond motifs is 1. The van der Waals surface area contributed by atoms with E-state index in [4.69, 9.17) is 37.4 Å². The fraction of sp³-hybridized carbons (Fsp3) is 0.208. The first-order chi connectivity index (χ1) is 17.4. The molecule has 0 bridgehead atoms. The molecule has 2 aromatic heterocycles. The molecule has 0 N–H and O–H groups in total. The lowest BCUT2D eigenvalue weighted by molar-refractivity contribution is -0.0667. The van der Waals surface area contributed by atoms with Crippen molar-refractivity contribution in [3.05, 3.63) is 88.6 Å². The Balaban J connectivity index is 1.47. The van der Waals surface area contributed by atoms with Gasteiger partial charge in [-0.3, -0.25) is 4.57 Å². The van der Waals surface area contributed by atoms with Gasteiger partial charge in [-0.1, -0.05) is 48.0 Å². The second-order valence-corrected chi connectivity index (χ2v) is 8.59. The predicted molar refractivity (Wildman–Crippen MR) is 127 cm³/mol. The highest BCUT2D eigenvalue weighted by Crippen LogP contribution is 2.39.